The van der Waals surface area contributed by atoms with Crippen LogP contribution in [0.25, 0.3) is 5.65 Å². The predicted octanol–water partition coefficient (Wildman–Crippen LogP) is 1.47. The maximum atomic E-state index is 5.90. The molecule has 1 fully saturated rings. The molecule has 1 aliphatic heterocycles. The topological polar surface area (TPSA) is 59.5 Å². The number of fused-ring (bicyclic) bond motifs is 1. The van der Waals surface area contributed by atoms with Crippen molar-refractivity contribution in [2.75, 3.05) is 18.8 Å². The van der Waals surface area contributed by atoms with Gasteiger partial charge in [0.15, 0.2) is 11.5 Å². The molecular formula is C12H17N5. The summed E-state index contributed by atoms with van der Waals surface area (Å²) >= 11 is 0. The maximum absolute atomic E-state index is 5.90. The molecule has 1 unspecified atom stereocenters. The van der Waals surface area contributed by atoms with Crippen LogP contribution in [0.4, 0.5) is 5.69 Å². The molecule has 0 amide bonds. The van der Waals surface area contributed by atoms with Gasteiger partial charge in [-0.15, -0.1) is 5.10 Å². The first kappa shape index (κ1) is 10.5. The van der Waals surface area contributed by atoms with Crippen LogP contribution in [0, 0.1) is 0 Å². The van der Waals surface area contributed by atoms with Crippen LogP contribution in [0.5, 0.6) is 0 Å². The molecule has 0 aromatic carbocycles. The summed E-state index contributed by atoms with van der Waals surface area (Å²) in [5.41, 5.74) is 7.35. The Kier molecular flexibility index (Phi) is 2.48. The number of rotatable bonds is 2. The van der Waals surface area contributed by atoms with Crippen LogP contribution in [0.15, 0.2) is 18.3 Å². The van der Waals surface area contributed by atoms with Crippen LogP contribution in [-0.2, 0) is 0 Å². The zero-order valence-corrected chi connectivity index (χ0v) is 10.0. The largest absolute Gasteiger partial charge is 0.396 e. The minimum Gasteiger partial charge on any atom is -0.396 e. The zero-order chi connectivity index (χ0) is 11.8. The standard InChI is InChI=1S/C12H17N5/c1-2-16-7-4-6-10(16)11-14-12-9(13)5-3-8-17(12)15-11/h3,5,8,10H,2,4,6-7,13H2,1H3. The van der Waals surface area contributed by atoms with Crippen molar-refractivity contribution >= 4 is 11.3 Å². The third kappa shape index (κ3) is 1.67. The first-order valence-electron chi connectivity index (χ1n) is 6.14. The number of nitrogen functional groups attached to an aromatic ring is 1. The van der Waals surface area contributed by atoms with Crippen molar-refractivity contribution < 1.29 is 0 Å². The molecular weight excluding hydrogens is 214 g/mol. The highest BCUT2D eigenvalue weighted by molar-refractivity contribution is 5.63. The highest BCUT2D eigenvalue weighted by Crippen LogP contribution is 2.29. The van der Waals surface area contributed by atoms with Gasteiger partial charge in [0.2, 0.25) is 0 Å². The van der Waals surface area contributed by atoms with Crippen LogP contribution < -0.4 is 5.73 Å². The Labute approximate surface area is 100 Å². The Bertz CT molecular complexity index is 533. The zero-order valence-electron chi connectivity index (χ0n) is 10.0. The van der Waals surface area contributed by atoms with E-state index in [1.807, 2.05) is 18.3 Å². The second-order valence-electron chi connectivity index (χ2n) is 4.49. The summed E-state index contributed by atoms with van der Waals surface area (Å²) in [5.74, 6) is 0.905. The normalized spacial score (nSPS) is 21.4. The fourth-order valence-corrected chi connectivity index (χ4v) is 2.58. The van der Waals surface area contributed by atoms with Gasteiger partial charge >= 0.3 is 0 Å². The molecule has 2 N–H and O–H groups in total. The molecule has 5 nitrogen and oxygen atoms in total. The third-order valence-corrected chi connectivity index (χ3v) is 3.48. The van der Waals surface area contributed by atoms with Gasteiger partial charge in [0.1, 0.15) is 0 Å². The molecule has 2 aromatic heterocycles. The lowest BCUT2D eigenvalue weighted by Gasteiger charge is -2.19. The van der Waals surface area contributed by atoms with E-state index >= 15 is 0 Å². The first-order valence-corrected chi connectivity index (χ1v) is 6.14. The minimum absolute atomic E-state index is 0.360. The molecule has 3 rings (SSSR count). The summed E-state index contributed by atoms with van der Waals surface area (Å²) in [6, 6.07) is 4.12. The number of aromatic nitrogens is 3. The second-order valence-corrected chi connectivity index (χ2v) is 4.49. The Hall–Kier alpha value is -1.62. The fourth-order valence-electron chi connectivity index (χ4n) is 2.58. The summed E-state index contributed by atoms with van der Waals surface area (Å²) in [6.45, 7) is 4.38. The predicted molar refractivity (Wildman–Crippen MR) is 66.6 cm³/mol. The monoisotopic (exact) mass is 231 g/mol. The van der Waals surface area contributed by atoms with Crippen LogP contribution in [0.3, 0.4) is 0 Å². The Balaban J connectivity index is 2.03. The van der Waals surface area contributed by atoms with E-state index in [4.69, 9.17) is 5.73 Å². The molecule has 2 aromatic rings. The number of pyridine rings is 1. The van der Waals surface area contributed by atoms with Crippen LogP contribution in [-0.4, -0.2) is 32.6 Å². The van der Waals surface area contributed by atoms with Crippen LogP contribution >= 0.6 is 0 Å². The van der Waals surface area contributed by atoms with E-state index in [1.54, 1.807) is 4.52 Å². The molecule has 0 aliphatic carbocycles. The molecule has 0 radical (unpaired) electrons. The van der Waals surface area contributed by atoms with Gasteiger partial charge in [-0.1, -0.05) is 6.92 Å². The molecule has 90 valence electrons. The molecule has 0 spiro atoms. The van der Waals surface area contributed by atoms with E-state index in [1.165, 1.54) is 6.42 Å². The molecule has 17 heavy (non-hydrogen) atoms. The summed E-state index contributed by atoms with van der Waals surface area (Å²) < 4.78 is 1.77. The minimum atomic E-state index is 0.360. The van der Waals surface area contributed by atoms with E-state index in [-0.39, 0.29) is 0 Å². The molecule has 1 saturated heterocycles. The number of hydrogen-bond acceptors (Lipinski definition) is 4. The lowest BCUT2D eigenvalue weighted by molar-refractivity contribution is 0.262. The van der Waals surface area contributed by atoms with Crippen molar-refractivity contribution in [1.29, 1.82) is 0 Å². The number of nitrogens with two attached hydrogens (primary N) is 1. The Morgan fingerprint density at radius 3 is 3.18 bits per heavy atom. The molecule has 1 aliphatic rings. The lowest BCUT2D eigenvalue weighted by atomic mass is 10.2. The van der Waals surface area contributed by atoms with Crippen molar-refractivity contribution in [1.82, 2.24) is 19.5 Å². The van der Waals surface area contributed by atoms with Crippen molar-refractivity contribution in [2.45, 2.75) is 25.8 Å². The number of nitrogens with zero attached hydrogens (tertiary/aromatic N) is 4. The average Bonchev–Trinajstić information content (AvgIpc) is 2.94. The van der Waals surface area contributed by atoms with E-state index in [0.29, 0.717) is 11.7 Å². The highest BCUT2D eigenvalue weighted by Gasteiger charge is 2.28. The average molecular weight is 231 g/mol. The fraction of sp³-hybridized carbons (Fsp3) is 0.500. The maximum Gasteiger partial charge on any atom is 0.178 e. The van der Waals surface area contributed by atoms with E-state index < -0.39 is 0 Å². The number of anilines is 1. The quantitative estimate of drug-likeness (QED) is 0.850. The summed E-state index contributed by atoms with van der Waals surface area (Å²) in [7, 11) is 0. The molecule has 0 bridgehead atoms. The highest BCUT2D eigenvalue weighted by atomic mass is 15.3. The Morgan fingerprint density at radius 1 is 1.53 bits per heavy atom. The number of likely N-dealkylation sites (tertiary alicyclic amines) is 1. The summed E-state index contributed by atoms with van der Waals surface area (Å²) in [5, 5.41) is 4.54. The van der Waals surface area contributed by atoms with Gasteiger partial charge in [0.25, 0.3) is 0 Å². The van der Waals surface area contributed by atoms with Gasteiger partial charge in [0.05, 0.1) is 11.7 Å². The van der Waals surface area contributed by atoms with E-state index in [0.717, 1.165) is 31.0 Å². The Morgan fingerprint density at radius 2 is 2.41 bits per heavy atom. The van der Waals surface area contributed by atoms with Gasteiger partial charge in [-0.25, -0.2) is 9.50 Å². The van der Waals surface area contributed by atoms with Gasteiger partial charge < -0.3 is 5.73 Å². The van der Waals surface area contributed by atoms with Crippen molar-refractivity contribution in [3.8, 4) is 0 Å². The number of hydrogen-bond donors (Lipinski definition) is 1. The van der Waals surface area contributed by atoms with Gasteiger partial charge in [0, 0.05) is 6.20 Å². The van der Waals surface area contributed by atoms with E-state index in [9.17, 15) is 0 Å². The van der Waals surface area contributed by atoms with Crippen molar-refractivity contribution in [3.63, 3.8) is 0 Å². The van der Waals surface area contributed by atoms with Crippen LogP contribution in [0.2, 0.25) is 0 Å². The van der Waals surface area contributed by atoms with Crippen molar-refractivity contribution in [3.05, 3.63) is 24.2 Å². The third-order valence-electron chi connectivity index (χ3n) is 3.48. The van der Waals surface area contributed by atoms with E-state index in [2.05, 4.69) is 21.9 Å². The van der Waals surface area contributed by atoms with Gasteiger partial charge in [-0.3, -0.25) is 4.90 Å². The van der Waals surface area contributed by atoms with Gasteiger partial charge in [-0.05, 0) is 38.1 Å². The second kappa shape index (κ2) is 4.00. The summed E-state index contributed by atoms with van der Waals surface area (Å²) in [6.07, 6.45) is 4.27. The van der Waals surface area contributed by atoms with Crippen LogP contribution in [0.1, 0.15) is 31.6 Å². The summed E-state index contributed by atoms with van der Waals surface area (Å²) in [4.78, 5) is 7.00. The first-order chi connectivity index (χ1) is 8.29. The smallest absolute Gasteiger partial charge is 0.178 e. The molecule has 5 heteroatoms. The molecule has 3 heterocycles. The SMILES string of the molecule is CCN1CCCC1c1nc2c(N)cccn2n1. The molecule has 0 saturated carbocycles. The van der Waals surface area contributed by atoms with Crippen molar-refractivity contribution in [2.24, 2.45) is 0 Å². The lowest BCUT2D eigenvalue weighted by Crippen LogP contribution is -2.23. The molecule has 1 atom stereocenters. The van der Waals surface area contributed by atoms with Gasteiger partial charge in [-0.2, -0.15) is 0 Å².